The van der Waals surface area contributed by atoms with Crippen LogP contribution in [0.3, 0.4) is 0 Å². The third-order valence-electron chi connectivity index (χ3n) is 3.91. The largest absolute Gasteiger partial charge is 0.342 e. The molecule has 0 spiro atoms. The number of ether oxygens (including phenoxy) is 2. The third-order valence-corrected chi connectivity index (χ3v) is 3.91. The Morgan fingerprint density at radius 1 is 1.16 bits per heavy atom. The molecular formula is C21H20FNO2. The number of halogens is 1. The van der Waals surface area contributed by atoms with Crippen molar-refractivity contribution in [2.45, 2.75) is 19.6 Å². The van der Waals surface area contributed by atoms with Crippen LogP contribution in [0.15, 0.2) is 54.7 Å². The number of benzene rings is 1. The summed E-state index contributed by atoms with van der Waals surface area (Å²) in [5.41, 5.74) is 2.43. The van der Waals surface area contributed by atoms with Gasteiger partial charge in [0.2, 0.25) is 6.29 Å². The van der Waals surface area contributed by atoms with Crippen molar-refractivity contribution in [3.05, 3.63) is 66.1 Å². The van der Waals surface area contributed by atoms with Crippen LogP contribution >= 0.6 is 0 Å². The van der Waals surface area contributed by atoms with Crippen molar-refractivity contribution in [2.75, 3.05) is 13.2 Å². The van der Waals surface area contributed by atoms with Gasteiger partial charge in [-0.2, -0.15) is 0 Å². The fourth-order valence-corrected chi connectivity index (χ4v) is 2.49. The fourth-order valence-electron chi connectivity index (χ4n) is 2.49. The van der Waals surface area contributed by atoms with Crippen LogP contribution in [0.2, 0.25) is 0 Å². The van der Waals surface area contributed by atoms with Crippen LogP contribution in [0.5, 0.6) is 0 Å². The van der Waals surface area contributed by atoms with Gasteiger partial charge in [-0.05, 0) is 55.7 Å². The minimum absolute atomic E-state index is 0.258. The molecule has 3 nitrogen and oxygen atoms in total. The number of nitrogens with zero attached hydrogens (tertiary/aromatic N) is 1. The van der Waals surface area contributed by atoms with E-state index in [9.17, 15) is 4.39 Å². The average Bonchev–Trinajstić information content (AvgIpc) is 2.67. The van der Waals surface area contributed by atoms with Crippen molar-refractivity contribution >= 4 is 0 Å². The predicted octanol–water partition coefficient (Wildman–Crippen LogP) is 4.19. The second-order valence-corrected chi connectivity index (χ2v) is 5.88. The number of hydrogen-bond donors (Lipinski definition) is 0. The Balaban J connectivity index is 1.58. The molecule has 0 aliphatic carbocycles. The lowest BCUT2D eigenvalue weighted by molar-refractivity contribution is -0.168. The van der Waals surface area contributed by atoms with E-state index in [1.165, 1.54) is 12.1 Å². The van der Waals surface area contributed by atoms with E-state index in [1.807, 2.05) is 25.1 Å². The SMILES string of the molecule is CC=CCC1COC(C#Cc2ccc(-c3ccc(F)cc3)nc2)OC1. The van der Waals surface area contributed by atoms with Crippen molar-refractivity contribution < 1.29 is 13.9 Å². The van der Waals surface area contributed by atoms with Crippen LogP contribution in [-0.4, -0.2) is 24.5 Å². The Morgan fingerprint density at radius 2 is 1.92 bits per heavy atom. The van der Waals surface area contributed by atoms with Crippen LogP contribution in [0.1, 0.15) is 18.9 Å². The second-order valence-electron chi connectivity index (χ2n) is 5.88. The Morgan fingerprint density at radius 3 is 2.56 bits per heavy atom. The Labute approximate surface area is 147 Å². The summed E-state index contributed by atoms with van der Waals surface area (Å²) in [6.07, 6.45) is 6.33. The molecule has 2 heterocycles. The summed E-state index contributed by atoms with van der Waals surface area (Å²) in [5.74, 6) is 6.14. The molecule has 25 heavy (non-hydrogen) atoms. The number of rotatable bonds is 3. The van der Waals surface area contributed by atoms with Gasteiger partial charge in [0.25, 0.3) is 0 Å². The lowest BCUT2D eigenvalue weighted by Crippen LogP contribution is -2.30. The van der Waals surface area contributed by atoms with E-state index in [0.717, 1.165) is 23.2 Å². The molecule has 1 fully saturated rings. The summed E-state index contributed by atoms with van der Waals surface area (Å²) in [6, 6.07) is 10.0. The molecule has 0 unspecified atom stereocenters. The van der Waals surface area contributed by atoms with E-state index in [1.54, 1.807) is 18.3 Å². The molecular weight excluding hydrogens is 317 g/mol. The normalized spacial score (nSPS) is 20.2. The van der Waals surface area contributed by atoms with Gasteiger partial charge in [-0.25, -0.2) is 4.39 Å². The molecule has 1 aliphatic rings. The molecule has 0 saturated carbocycles. The quantitative estimate of drug-likeness (QED) is 0.621. The number of hydrogen-bond acceptors (Lipinski definition) is 3. The first-order chi connectivity index (χ1) is 12.2. The Kier molecular flexibility index (Phi) is 5.95. The van der Waals surface area contributed by atoms with Crippen molar-refractivity contribution in [3.8, 4) is 23.1 Å². The summed E-state index contributed by atoms with van der Waals surface area (Å²) in [4.78, 5) is 4.37. The smallest absolute Gasteiger partial charge is 0.222 e. The van der Waals surface area contributed by atoms with E-state index in [2.05, 4.69) is 22.9 Å². The molecule has 128 valence electrons. The van der Waals surface area contributed by atoms with E-state index < -0.39 is 6.29 Å². The van der Waals surface area contributed by atoms with Crippen LogP contribution < -0.4 is 0 Å². The van der Waals surface area contributed by atoms with Gasteiger partial charge in [0, 0.05) is 23.2 Å². The molecule has 1 saturated heterocycles. The number of allylic oxidation sites excluding steroid dienone is 2. The molecule has 1 aromatic carbocycles. The Hall–Kier alpha value is -2.48. The predicted molar refractivity (Wildman–Crippen MR) is 95.1 cm³/mol. The number of aromatic nitrogens is 1. The zero-order valence-electron chi connectivity index (χ0n) is 14.1. The maximum absolute atomic E-state index is 13.0. The first-order valence-electron chi connectivity index (χ1n) is 8.32. The van der Waals surface area contributed by atoms with Gasteiger partial charge < -0.3 is 9.47 Å². The Bertz CT molecular complexity index is 764. The van der Waals surface area contributed by atoms with Crippen molar-refractivity contribution in [1.82, 2.24) is 4.98 Å². The van der Waals surface area contributed by atoms with Crippen molar-refractivity contribution in [1.29, 1.82) is 0 Å². The molecule has 1 aliphatic heterocycles. The average molecular weight is 337 g/mol. The van der Waals surface area contributed by atoms with Crippen molar-refractivity contribution in [3.63, 3.8) is 0 Å². The minimum Gasteiger partial charge on any atom is -0.342 e. The molecule has 0 atom stereocenters. The first-order valence-corrected chi connectivity index (χ1v) is 8.32. The second kappa shape index (κ2) is 8.57. The third kappa shape index (κ3) is 4.99. The molecule has 0 N–H and O–H groups in total. The summed E-state index contributed by atoms with van der Waals surface area (Å²) in [6.45, 7) is 3.32. The van der Waals surface area contributed by atoms with Gasteiger partial charge in [-0.3, -0.25) is 4.98 Å². The van der Waals surface area contributed by atoms with Crippen LogP contribution in [0.25, 0.3) is 11.3 Å². The fraction of sp³-hybridized carbons (Fsp3) is 0.286. The van der Waals surface area contributed by atoms with Crippen LogP contribution in [0.4, 0.5) is 4.39 Å². The summed E-state index contributed by atoms with van der Waals surface area (Å²) >= 11 is 0. The molecule has 0 radical (unpaired) electrons. The number of pyridine rings is 1. The van der Waals surface area contributed by atoms with E-state index in [4.69, 9.17) is 9.47 Å². The van der Waals surface area contributed by atoms with E-state index in [-0.39, 0.29) is 5.82 Å². The lowest BCUT2D eigenvalue weighted by Gasteiger charge is -2.25. The van der Waals surface area contributed by atoms with Gasteiger partial charge in [-0.1, -0.05) is 18.1 Å². The van der Waals surface area contributed by atoms with Crippen LogP contribution in [-0.2, 0) is 9.47 Å². The standard InChI is InChI=1S/C21H20FNO2/c1-2-3-4-17-14-24-21(25-15-17)12-6-16-5-11-20(23-13-16)18-7-9-19(22)10-8-18/h2-3,5,7-11,13,17,21H,4,14-15H2,1H3. The van der Waals surface area contributed by atoms with Gasteiger partial charge in [0.15, 0.2) is 0 Å². The summed E-state index contributed by atoms with van der Waals surface area (Å²) in [5, 5.41) is 0. The van der Waals surface area contributed by atoms with Gasteiger partial charge in [0.1, 0.15) is 5.82 Å². The maximum atomic E-state index is 13.0. The molecule has 2 aromatic rings. The molecule has 0 bridgehead atoms. The van der Waals surface area contributed by atoms with E-state index >= 15 is 0 Å². The highest BCUT2D eigenvalue weighted by Gasteiger charge is 2.19. The molecule has 0 amide bonds. The van der Waals surface area contributed by atoms with E-state index in [0.29, 0.717) is 19.1 Å². The zero-order chi connectivity index (χ0) is 17.5. The first kappa shape index (κ1) is 17.3. The molecule has 3 rings (SSSR count). The maximum Gasteiger partial charge on any atom is 0.222 e. The highest BCUT2D eigenvalue weighted by molar-refractivity contribution is 5.59. The topological polar surface area (TPSA) is 31.4 Å². The monoisotopic (exact) mass is 337 g/mol. The van der Waals surface area contributed by atoms with Gasteiger partial charge >= 0.3 is 0 Å². The summed E-state index contributed by atoms with van der Waals surface area (Å²) in [7, 11) is 0. The molecule has 4 heteroatoms. The summed E-state index contributed by atoms with van der Waals surface area (Å²) < 4.78 is 24.2. The highest BCUT2D eigenvalue weighted by atomic mass is 19.1. The highest BCUT2D eigenvalue weighted by Crippen LogP contribution is 2.17. The zero-order valence-corrected chi connectivity index (χ0v) is 14.1. The molecule has 1 aromatic heterocycles. The van der Waals surface area contributed by atoms with Crippen molar-refractivity contribution in [2.24, 2.45) is 5.92 Å². The minimum atomic E-state index is -0.487. The van der Waals surface area contributed by atoms with Crippen LogP contribution in [0, 0.1) is 23.6 Å². The van der Waals surface area contributed by atoms with Gasteiger partial charge in [0.05, 0.1) is 18.9 Å². The lowest BCUT2D eigenvalue weighted by atomic mass is 10.1. The van der Waals surface area contributed by atoms with Gasteiger partial charge in [-0.15, -0.1) is 0 Å².